The monoisotopic (exact) mass is 560 g/mol. The summed E-state index contributed by atoms with van der Waals surface area (Å²) < 4.78 is 10.2. The Morgan fingerprint density at radius 2 is 2.03 bits per heavy atom. The van der Waals surface area contributed by atoms with Gasteiger partial charge in [0.05, 0.1) is 11.6 Å². The number of hydrogen-bond acceptors (Lipinski definition) is 8. The average molecular weight is 561 g/mol. The van der Waals surface area contributed by atoms with E-state index in [0.717, 1.165) is 18.7 Å². The minimum atomic E-state index is -0.783. The number of rotatable bonds is 9. The Hall–Kier alpha value is -3.41. The molecule has 2 fully saturated rings. The Morgan fingerprint density at radius 3 is 2.71 bits per heavy atom. The standard InChI is InChI=1S/C25H26Cl2N6O5/c1-2-19(37-22-18(27)7-17(26)9-29-22)21(34)28-8-15-4-3-5-16(6-15)23(35)33-13-25(14-33)11-32(12-25)10-20-30-24(36)38-31-20/h3-7,9,19H,2,8,10-14H2,1H3,(H,28,34)(H,30,31,36). The van der Waals surface area contributed by atoms with E-state index in [-0.39, 0.29) is 34.7 Å². The summed E-state index contributed by atoms with van der Waals surface area (Å²) in [4.78, 5) is 47.4. The van der Waals surface area contributed by atoms with Crippen LogP contribution >= 0.6 is 23.2 Å². The van der Waals surface area contributed by atoms with Gasteiger partial charge in [-0.3, -0.25) is 24.0 Å². The number of pyridine rings is 1. The average Bonchev–Trinajstić information content (AvgIpc) is 3.27. The van der Waals surface area contributed by atoms with Gasteiger partial charge in [0.15, 0.2) is 11.9 Å². The topological polar surface area (TPSA) is 134 Å². The predicted molar refractivity (Wildman–Crippen MR) is 138 cm³/mol. The molecule has 0 saturated carbocycles. The minimum absolute atomic E-state index is 0.0405. The summed E-state index contributed by atoms with van der Waals surface area (Å²) in [5, 5.41) is 7.15. The van der Waals surface area contributed by atoms with Gasteiger partial charge in [-0.1, -0.05) is 47.4 Å². The van der Waals surface area contributed by atoms with Crippen LogP contribution in [-0.2, 0) is 17.9 Å². The van der Waals surface area contributed by atoms with Crippen LogP contribution in [-0.4, -0.2) is 69.0 Å². The molecule has 1 atom stereocenters. The van der Waals surface area contributed by atoms with Gasteiger partial charge in [0.2, 0.25) is 5.88 Å². The van der Waals surface area contributed by atoms with Gasteiger partial charge in [-0.2, -0.15) is 0 Å². The number of hydrogen-bond donors (Lipinski definition) is 2. The first kappa shape index (κ1) is 26.2. The van der Waals surface area contributed by atoms with Gasteiger partial charge in [-0.05, 0) is 30.2 Å². The molecule has 11 nitrogen and oxygen atoms in total. The lowest BCUT2D eigenvalue weighted by Crippen LogP contribution is -2.72. The first-order valence-corrected chi connectivity index (χ1v) is 12.9. The van der Waals surface area contributed by atoms with Gasteiger partial charge in [0.1, 0.15) is 5.02 Å². The largest absolute Gasteiger partial charge is 0.463 e. The molecule has 2 amide bonds. The summed E-state index contributed by atoms with van der Waals surface area (Å²) in [6, 6.07) is 8.73. The minimum Gasteiger partial charge on any atom is -0.463 e. The number of likely N-dealkylation sites (tertiary alicyclic amines) is 2. The number of amides is 2. The molecule has 2 aliphatic heterocycles. The number of ether oxygens (including phenoxy) is 1. The summed E-state index contributed by atoms with van der Waals surface area (Å²) in [5.41, 5.74) is 1.46. The molecule has 38 heavy (non-hydrogen) atoms. The molecule has 2 N–H and O–H groups in total. The molecule has 0 aliphatic carbocycles. The number of aromatic amines is 1. The summed E-state index contributed by atoms with van der Waals surface area (Å²) in [6.07, 6.45) is 1.03. The van der Waals surface area contributed by atoms with Crippen molar-refractivity contribution in [1.29, 1.82) is 0 Å². The summed E-state index contributed by atoms with van der Waals surface area (Å²) in [7, 11) is 0. The molecule has 1 unspecified atom stereocenters. The lowest BCUT2D eigenvalue weighted by atomic mass is 9.72. The summed E-state index contributed by atoms with van der Waals surface area (Å²) in [5.74, 6) is -0.271. The lowest BCUT2D eigenvalue weighted by molar-refractivity contribution is -0.128. The molecular formula is C25H26Cl2N6O5. The Balaban J connectivity index is 1.10. The number of carbonyl (C=O) groups excluding carboxylic acids is 2. The molecule has 1 spiro atoms. The van der Waals surface area contributed by atoms with E-state index in [9.17, 15) is 14.4 Å². The smallest absolute Gasteiger partial charge is 0.438 e. The fourth-order valence-electron chi connectivity index (χ4n) is 4.91. The van der Waals surface area contributed by atoms with Crippen LogP contribution in [0.2, 0.25) is 10.0 Å². The van der Waals surface area contributed by atoms with E-state index in [2.05, 4.69) is 29.9 Å². The molecule has 1 aromatic carbocycles. The molecule has 4 heterocycles. The third kappa shape index (κ3) is 5.69. The number of benzene rings is 1. The van der Waals surface area contributed by atoms with E-state index < -0.39 is 11.9 Å². The first-order valence-electron chi connectivity index (χ1n) is 12.1. The number of nitrogens with one attached hydrogen (secondary N) is 2. The number of halogens is 2. The zero-order valence-electron chi connectivity index (χ0n) is 20.6. The fourth-order valence-corrected chi connectivity index (χ4v) is 5.33. The van der Waals surface area contributed by atoms with Crippen molar-refractivity contribution in [3.8, 4) is 5.88 Å². The second-order valence-corrected chi connectivity index (χ2v) is 10.6. The van der Waals surface area contributed by atoms with E-state index in [4.69, 9.17) is 27.9 Å². The van der Waals surface area contributed by atoms with Gasteiger partial charge in [0, 0.05) is 49.9 Å². The van der Waals surface area contributed by atoms with Crippen molar-refractivity contribution in [2.45, 2.75) is 32.5 Å². The molecule has 5 rings (SSSR count). The molecule has 2 aromatic heterocycles. The van der Waals surface area contributed by atoms with Crippen LogP contribution in [0.25, 0.3) is 0 Å². The number of aromatic nitrogens is 3. The maximum Gasteiger partial charge on any atom is 0.438 e. The second-order valence-electron chi connectivity index (χ2n) is 9.72. The van der Waals surface area contributed by atoms with Gasteiger partial charge < -0.3 is 15.0 Å². The zero-order valence-corrected chi connectivity index (χ0v) is 22.1. The second kappa shape index (κ2) is 10.8. The third-order valence-electron chi connectivity index (χ3n) is 6.65. The molecule has 2 aliphatic rings. The van der Waals surface area contributed by atoms with Gasteiger partial charge in [-0.25, -0.2) is 9.78 Å². The normalized spacial score (nSPS) is 17.0. The SMILES string of the molecule is CCC(Oc1ncc(Cl)cc1Cl)C(=O)NCc1cccc(C(=O)N2CC3(CN(Cc4noc(=O)[nH]4)C3)C2)c1. The van der Waals surface area contributed by atoms with Gasteiger partial charge in [0.25, 0.3) is 11.8 Å². The highest BCUT2D eigenvalue weighted by atomic mass is 35.5. The van der Waals surface area contributed by atoms with Crippen LogP contribution in [0.1, 0.15) is 35.1 Å². The Kier molecular flexibility index (Phi) is 7.42. The highest BCUT2D eigenvalue weighted by molar-refractivity contribution is 6.35. The number of nitrogens with zero attached hydrogens (tertiary/aromatic N) is 4. The van der Waals surface area contributed by atoms with E-state index in [1.807, 2.05) is 17.9 Å². The van der Waals surface area contributed by atoms with E-state index in [1.54, 1.807) is 18.2 Å². The van der Waals surface area contributed by atoms with Gasteiger partial charge in [-0.15, -0.1) is 0 Å². The van der Waals surface area contributed by atoms with Crippen molar-refractivity contribution >= 4 is 35.0 Å². The van der Waals surface area contributed by atoms with E-state index in [0.29, 0.717) is 42.5 Å². The van der Waals surface area contributed by atoms with Gasteiger partial charge >= 0.3 is 5.76 Å². The number of H-pyrrole nitrogens is 1. The van der Waals surface area contributed by atoms with E-state index >= 15 is 0 Å². The Bertz CT molecular complexity index is 1390. The Morgan fingerprint density at radius 1 is 1.24 bits per heavy atom. The van der Waals surface area contributed by atoms with Crippen molar-refractivity contribution in [1.82, 2.24) is 30.2 Å². The van der Waals surface area contributed by atoms with Crippen molar-refractivity contribution in [2.75, 3.05) is 26.2 Å². The fraction of sp³-hybridized carbons (Fsp3) is 0.400. The van der Waals surface area contributed by atoms with Crippen LogP contribution in [0.3, 0.4) is 0 Å². The molecule has 0 radical (unpaired) electrons. The number of carbonyl (C=O) groups is 2. The summed E-state index contributed by atoms with van der Waals surface area (Å²) >= 11 is 12.0. The quantitative estimate of drug-likeness (QED) is 0.407. The lowest BCUT2D eigenvalue weighted by Gasteiger charge is -2.60. The first-order chi connectivity index (χ1) is 18.2. The van der Waals surface area contributed by atoms with Crippen LogP contribution in [0, 0.1) is 5.41 Å². The van der Waals surface area contributed by atoms with Crippen molar-refractivity contribution in [3.63, 3.8) is 0 Å². The van der Waals surface area contributed by atoms with Crippen LogP contribution in [0.5, 0.6) is 5.88 Å². The molecular weight excluding hydrogens is 535 g/mol. The summed E-state index contributed by atoms with van der Waals surface area (Å²) in [6.45, 7) is 5.59. The molecule has 0 bridgehead atoms. The van der Waals surface area contributed by atoms with Crippen molar-refractivity contribution in [2.24, 2.45) is 5.41 Å². The zero-order chi connectivity index (χ0) is 26.9. The van der Waals surface area contributed by atoms with Crippen molar-refractivity contribution in [3.05, 3.63) is 74.1 Å². The maximum atomic E-state index is 13.0. The molecule has 200 valence electrons. The third-order valence-corrected chi connectivity index (χ3v) is 7.13. The van der Waals surface area contributed by atoms with Crippen LogP contribution in [0.4, 0.5) is 0 Å². The Labute approximate surface area is 228 Å². The molecule has 13 heteroatoms. The van der Waals surface area contributed by atoms with Crippen molar-refractivity contribution < 1.29 is 18.8 Å². The van der Waals surface area contributed by atoms with Crippen LogP contribution in [0.15, 0.2) is 45.8 Å². The van der Waals surface area contributed by atoms with Crippen LogP contribution < -0.4 is 15.8 Å². The highest BCUT2D eigenvalue weighted by Gasteiger charge is 2.53. The predicted octanol–water partition coefficient (Wildman–Crippen LogP) is 2.50. The maximum absolute atomic E-state index is 13.0. The van der Waals surface area contributed by atoms with E-state index in [1.165, 1.54) is 12.3 Å². The highest BCUT2D eigenvalue weighted by Crippen LogP contribution is 2.40. The molecule has 3 aromatic rings. The molecule has 2 saturated heterocycles.